The number of para-hydroxylation sites is 1. The molecule has 0 saturated carbocycles. The Morgan fingerprint density at radius 1 is 1.14 bits per heavy atom. The number of halogens is 2. The fourth-order valence-electron chi connectivity index (χ4n) is 2.00. The minimum absolute atomic E-state index is 0.0746. The number of nitrogens with one attached hydrogen (secondary N) is 1. The van der Waals surface area contributed by atoms with Crippen LogP contribution in [0, 0.1) is 11.6 Å². The lowest BCUT2D eigenvalue weighted by atomic mass is 10.2. The zero-order valence-electron chi connectivity index (χ0n) is 10.7. The van der Waals surface area contributed by atoms with Gasteiger partial charge in [0.1, 0.15) is 16.5 Å². The van der Waals surface area contributed by atoms with E-state index in [0.29, 0.717) is 10.1 Å². The Hall–Kier alpha value is -2.47. The number of benzene rings is 2. The second-order valence-electron chi connectivity index (χ2n) is 4.42. The van der Waals surface area contributed by atoms with Crippen molar-refractivity contribution in [1.82, 2.24) is 0 Å². The summed E-state index contributed by atoms with van der Waals surface area (Å²) in [5.74, 6) is -1.47. The molecule has 0 aliphatic rings. The van der Waals surface area contributed by atoms with Gasteiger partial charge in [-0.2, -0.15) is 0 Å². The maximum Gasteiger partial charge on any atom is 0.267 e. The lowest BCUT2D eigenvalue weighted by Gasteiger charge is -2.05. The summed E-state index contributed by atoms with van der Waals surface area (Å²) < 4.78 is 27.5. The summed E-state index contributed by atoms with van der Waals surface area (Å²) in [4.78, 5) is 12.4. The highest BCUT2D eigenvalue weighted by atomic mass is 32.1. The first-order valence-electron chi connectivity index (χ1n) is 6.09. The van der Waals surface area contributed by atoms with Gasteiger partial charge in [0.05, 0.1) is 11.4 Å². The molecule has 21 heavy (non-hydrogen) atoms. The van der Waals surface area contributed by atoms with Gasteiger partial charge >= 0.3 is 0 Å². The maximum atomic E-state index is 13.5. The van der Waals surface area contributed by atoms with Crippen LogP contribution in [0.4, 0.5) is 20.2 Å². The summed E-state index contributed by atoms with van der Waals surface area (Å²) in [5.41, 5.74) is 6.16. The minimum Gasteiger partial charge on any atom is -0.397 e. The number of carbonyl (C=O) groups is 1. The number of carbonyl (C=O) groups excluding carboxylic acids is 1. The second kappa shape index (κ2) is 5.14. The third-order valence-electron chi connectivity index (χ3n) is 3.02. The van der Waals surface area contributed by atoms with Crippen LogP contribution in [-0.2, 0) is 0 Å². The number of fused-ring (bicyclic) bond motifs is 1. The fourth-order valence-corrected chi connectivity index (χ4v) is 3.00. The average molecular weight is 304 g/mol. The molecule has 0 spiro atoms. The van der Waals surface area contributed by atoms with Crippen molar-refractivity contribution >= 4 is 38.7 Å². The van der Waals surface area contributed by atoms with Gasteiger partial charge in [-0.15, -0.1) is 11.3 Å². The summed E-state index contributed by atoms with van der Waals surface area (Å²) in [6.07, 6.45) is 0. The zero-order chi connectivity index (χ0) is 15.0. The molecular formula is C15H10F2N2OS. The van der Waals surface area contributed by atoms with Gasteiger partial charge in [0.25, 0.3) is 5.91 Å². The Morgan fingerprint density at radius 3 is 2.67 bits per heavy atom. The molecule has 3 nitrogen and oxygen atoms in total. The van der Waals surface area contributed by atoms with Crippen LogP contribution in [0.25, 0.3) is 10.1 Å². The summed E-state index contributed by atoms with van der Waals surface area (Å²) in [6.45, 7) is 0. The number of thiophene rings is 1. The van der Waals surface area contributed by atoms with E-state index in [9.17, 15) is 13.6 Å². The Labute approximate surface area is 123 Å². The molecule has 0 atom stereocenters. The van der Waals surface area contributed by atoms with Crippen LogP contribution in [0.2, 0.25) is 0 Å². The normalized spacial score (nSPS) is 10.8. The number of nitrogens with two attached hydrogens (primary N) is 1. The monoisotopic (exact) mass is 304 g/mol. The van der Waals surface area contributed by atoms with E-state index in [1.54, 1.807) is 12.1 Å². The van der Waals surface area contributed by atoms with Crippen LogP contribution in [0.5, 0.6) is 0 Å². The Kier molecular flexibility index (Phi) is 3.31. The minimum atomic E-state index is -0.531. The molecule has 1 heterocycles. The Balaban J connectivity index is 1.99. The number of rotatable bonds is 2. The Bertz CT molecular complexity index is 845. The highest BCUT2D eigenvalue weighted by Crippen LogP contribution is 2.34. The molecule has 0 unspecified atom stereocenters. The highest BCUT2D eigenvalue weighted by molar-refractivity contribution is 7.21. The van der Waals surface area contributed by atoms with E-state index < -0.39 is 17.5 Å². The van der Waals surface area contributed by atoms with E-state index in [2.05, 4.69) is 5.32 Å². The molecule has 1 aromatic heterocycles. The first kappa shape index (κ1) is 13.5. The zero-order valence-corrected chi connectivity index (χ0v) is 11.5. The van der Waals surface area contributed by atoms with Gasteiger partial charge < -0.3 is 11.1 Å². The first-order valence-corrected chi connectivity index (χ1v) is 6.91. The topological polar surface area (TPSA) is 55.1 Å². The van der Waals surface area contributed by atoms with Gasteiger partial charge in [0.2, 0.25) is 0 Å². The molecule has 2 aromatic carbocycles. The molecule has 3 rings (SSSR count). The second-order valence-corrected chi connectivity index (χ2v) is 5.47. The molecule has 0 saturated heterocycles. The first-order chi connectivity index (χ1) is 10.1. The van der Waals surface area contributed by atoms with Gasteiger partial charge in [-0.25, -0.2) is 8.78 Å². The van der Waals surface area contributed by atoms with Crippen LogP contribution in [-0.4, -0.2) is 5.91 Å². The van der Waals surface area contributed by atoms with Crippen molar-refractivity contribution in [3.8, 4) is 0 Å². The van der Waals surface area contributed by atoms with Crippen LogP contribution in [0.1, 0.15) is 9.67 Å². The molecule has 0 fully saturated rings. The SMILES string of the molecule is Nc1c(C(=O)Nc2ccccc2F)sc2ccc(F)cc12. The molecule has 0 aliphatic heterocycles. The smallest absolute Gasteiger partial charge is 0.267 e. The lowest BCUT2D eigenvalue weighted by Crippen LogP contribution is -2.12. The molecule has 0 bridgehead atoms. The summed E-state index contributed by atoms with van der Waals surface area (Å²) in [5, 5.41) is 2.95. The third kappa shape index (κ3) is 2.45. The van der Waals surface area contributed by atoms with E-state index in [-0.39, 0.29) is 16.3 Å². The van der Waals surface area contributed by atoms with Gasteiger partial charge in [0.15, 0.2) is 0 Å². The van der Waals surface area contributed by atoms with E-state index in [1.807, 2.05) is 0 Å². The number of hydrogen-bond acceptors (Lipinski definition) is 3. The van der Waals surface area contributed by atoms with Gasteiger partial charge in [0, 0.05) is 10.1 Å². The molecule has 3 N–H and O–H groups in total. The van der Waals surface area contributed by atoms with Gasteiger partial charge in [-0.3, -0.25) is 4.79 Å². The summed E-state index contributed by atoms with van der Waals surface area (Å²) in [7, 11) is 0. The summed E-state index contributed by atoms with van der Waals surface area (Å²) >= 11 is 1.14. The molecular weight excluding hydrogens is 294 g/mol. The number of amides is 1. The molecule has 106 valence electrons. The average Bonchev–Trinajstić information content (AvgIpc) is 2.79. The molecule has 0 radical (unpaired) electrons. The molecule has 6 heteroatoms. The maximum absolute atomic E-state index is 13.5. The molecule has 1 amide bonds. The predicted octanol–water partition coefficient (Wildman–Crippen LogP) is 4.01. The van der Waals surface area contributed by atoms with Gasteiger partial charge in [-0.1, -0.05) is 12.1 Å². The van der Waals surface area contributed by atoms with Crippen LogP contribution in [0.3, 0.4) is 0 Å². The van der Waals surface area contributed by atoms with Crippen molar-refractivity contribution in [2.45, 2.75) is 0 Å². The number of anilines is 2. The van der Waals surface area contributed by atoms with Crippen LogP contribution in [0.15, 0.2) is 42.5 Å². The van der Waals surface area contributed by atoms with Gasteiger partial charge in [-0.05, 0) is 30.3 Å². The lowest BCUT2D eigenvalue weighted by molar-refractivity contribution is 0.103. The van der Waals surface area contributed by atoms with Crippen molar-refractivity contribution in [2.75, 3.05) is 11.1 Å². The molecule has 0 aliphatic carbocycles. The van der Waals surface area contributed by atoms with Crippen molar-refractivity contribution in [3.63, 3.8) is 0 Å². The van der Waals surface area contributed by atoms with Crippen LogP contribution < -0.4 is 11.1 Å². The third-order valence-corrected chi connectivity index (χ3v) is 4.20. The van der Waals surface area contributed by atoms with Crippen molar-refractivity contribution in [1.29, 1.82) is 0 Å². The number of nitrogen functional groups attached to an aromatic ring is 1. The Morgan fingerprint density at radius 2 is 1.90 bits per heavy atom. The summed E-state index contributed by atoms with van der Waals surface area (Å²) in [6, 6.07) is 9.99. The van der Waals surface area contributed by atoms with Crippen molar-refractivity contribution in [2.24, 2.45) is 0 Å². The predicted molar refractivity (Wildman–Crippen MR) is 80.5 cm³/mol. The van der Waals surface area contributed by atoms with E-state index in [1.165, 1.54) is 30.3 Å². The van der Waals surface area contributed by atoms with E-state index in [4.69, 9.17) is 5.73 Å². The van der Waals surface area contributed by atoms with Crippen molar-refractivity contribution < 1.29 is 13.6 Å². The number of hydrogen-bond donors (Lipinski definition) is 2. The van der Waals surface area contributed by atoms with E-state index >= 15 is 0 Å². The van der Waals surface area contributed by atoms with Crippen molar-refractivity contribution in [3.05, 3.63) is 59.0 Å². The highest BCUT2D eigenvalue weighted by Gasteiger charge is 2.17. The largest absolute Gasteiger partial charge is 0.397 e. The van der Waals surface area contributed by atoms with Crippen LogP contribution >= 0.6 is 11.3 Å². The standard InChI is InChI=1S/C15H10F2N2OS/c16-8-5-6-12-9(7-8)13(18)14(21-12)15(20)19-11-4-2-1-3-10(11)17/h1-7H,18H2,(H,19,20). The molecule has 3 aromatic rings. The fraction of sp³-hybridized carbons (Fsp3) is 0. The quantitative estimate of drug-likeness (QED) is 0.751. The van der Waals surface area contributed by atoms with E-state index in [0.717, 1.165) is 11.3 Å².